The minimum absolute atomic E-state index is 0.182. The van der Waals surface area contributed by atoms with Gasteiger partial charge in [-0.15, -0.1) is 0 Å². The molecule has 29 heavy (non-hydrogen) atoms. The van der Waals surface area contributed by atoms with Gasteiger partial charge in [-0.3, -0.25) is 14.2 Å². The number of benzene rings is 2. The van der Waals surface area contributed by atoms with E-state index in [9.17, 15) is 14.4 Å². The summed E-state index contributed by atoms with van der Waals surface area (Å²) in [5.74, 6) is -0.333. The van der Waals surface area contributed by atoms with Crippen LogP contribution in [0.4, 0.5) is 0 Å². The van der Waals surface area contributed by atoms with E-state index in [1.165, 1.54) is 16.6 Å². The molecular formula is C22H21N3O4. The molecule has 7 nitrogen and oxygen atoms in total. The van der Waals surface area contributed by atoms with Crippen molar-refractivity contribution in [1.82, 2.24) is 14.5 Å². The van der Waals surface area contributed by atoms with Crippen LogP contribution in [0.5, 0.6) is 0 Å². The number of carbonyl (C=O) groups is 2. The normalized spacial score (nSPS) is 15.8. The zero-order valence-electron chi connectivity index (χ0n) is 16.3. The molecule has 0 aliphatic carbocycles. The Morgan fingerprint density at radius 2 is 1.79 bits per heavy atom. The van der Waals surface area contributed by atoms with Crippen LogP contribution in [0.15, 0.2) is 53.3 Å². The Morgan fingerprint density at radius 1 is 1.10 bits per heavy atom. The van der Waals surface area contributed by atoms with Crippen molar-refractivity contribution in [3.8, 4) is 0 Å². The Morgan fingerprint density at radius 3 is 2.55 bits per heavy atom. The lowest BCUT2D eigenvalue weighted by Gasteiger charge is -2.35. The van der Waals surface area contributed by atoms with Gasteiger partial charge in [-0.05, 0) is 30.2 Å². The molecule has 0 spiro atoms. The first-order valence-electron chi connectivity index (χ1n) is 9.40. The third kappa shape index (κ3) is 3.40. The lowest BCUT2D eigenvalue weighted by molar-refractivity contribution is -0.154. The third-order valence-corrected chi connectivity index (χ3v) is 5.39. The highest BCUT2D eigenvalue weighted by atomic mass is 16.5. The zero-order chi connectivity index (χ0) is 20.5. The molecule has 4 rings (SSSR count). The molecule has 7 heteroatoms. The van der Waals surface area contributed by atoms with Crippen LogP contribution in [-0.2, 0) is 33.8 Å². The molecule has 0 saturated heterocycles. The van der Waals surface area contributed by atoms with Gasteiger partial charge < -0.3 is 9.64 Å². The van der Waals surface area contributed by atoms with Crippen LogP contribution in [0, 0.1) is 6.92 Å². The molecule has 1 aliphatic heterocycles. The Kier molecular flexibility index (Phi) is 4.88. The molecule has 0 bridgehead atoms. The molecule has 0 fully saturated rings. The van der Waals surface area contributed by atoms with Gasteiger partial charge in [-0.2, -0.15) is 0 Å². The van der Waals surface area contributed by atoms with E-state index in [1.54, 1.807) is 25.1 Å². The minimum Gasteiger partial charge on any atom is -0.467 e. The second-order valence-corrected chi connectivity index (χ2v) is 7.10. The van der Waals surface area contributed by atoms with Gasteiger partial charge in [0.05, 0.1) is 18.0 Å². The Balaban J connectivity index is 1.69. The molecule has 0 unspecified atom stereocenters. The van der Waals surface area contributed by atoms with Gasteiger partial charge in [0.2, 0.25) is 5.91 Å². The molecule has 2 heterocycles. The fraction of sp³-hybridized carbons (Fsp3) is 0.273. The minimum atomic E-state index is -0.716. The monoisotopic (exact) mass is 391 g/mol. The predicted octanol–water partition coefficient (Wildman–Crippen LogP) is 1.83. The number of aromatic nitrogens is 2. The highest BCUT2D eigenvalue weighted by molar-refractivity contribution is 5.85. The first-order valence-corrected chi connectivity index (χ1v) is 9.40. The van der Waals surface area contributed by atoms with E-state index in [0.29, 0.717) is 29.7 Å². The number of para-hydroxylation sites is 1. The first kappa shape index (κ1) is 18.9. The van der Waals surface area contributed by atoms with E-state index < -0.39 is 12.0 Å². The van der Waals surface area contributed by atoms with Crippen LogP contribution < -0.4 is 5.56 Å². The van der Waals surface area contributed by atoms with Crippen molar-refractivity contribution in [3.05, 3.63) is 75.8 Å². The van der Waals surface area contributed by atoms with Crippen LogP contribution >= 0.6 is 0 Å². The number of methoxy groups -OCH3 is 1. The highest BCUT2D eigenvalue weighted by Crippen LogP contribution is 2.24. The molecular weight excluding hydrogens is 370 g/mol. The van der Waals surface area contributed by atoms with E-state index >= 15 is 0 Å². The Labute approximate surface area is 167 Å². The van der Waals surface area contributed by atoms with Crippen LogP contribution in [-0.4, -0.2) is 39.5 Å². The van der Waals surface area contributed by atoms with Crippen molar-refractivity contribution in [3.63, 3.8) is 0 Å². The number of rotatable bonds is 3. The lowest BCUT2D eigenvalue weighted by Crippen LogP contribution is -2.50. The Bertz CT molecular complexity index is 1170. The lowest BCUT2D eigenvalue weighted by atomic mass is 9.94. The number of hydrogen-bond donors (Lipinski definition) is 0. The highest BCUT2D eigenvalue weighted by Gasteiger charge is 2.35. The van der Waals surface area contributed by atoms with Crippen LogP contribution in [0.2, 0.25) is 0 Å². The summed E-state index contributed by atoms with van der Waals surface area (Å²) in [5, 5.41) is 0.458. The maximum Gasteiger partial charge on any atom is 0.328 e. The molecule has 1 aliphatic rings. The molecule has 1 amide bonds. The molecule has 1 aromatic heterocycles. The first-order chi connectivity index (χ1) is 14.0. The van der Waals surface area contributed by atoms with E-state index in [4.69, 9.17) is 4.74 Å². The van der Waals surface area contributed by atoms with Crippen molar-refractivity contribution in [2.75, 3.05) is 7.11 Å². The second-order valence-electron chi connectivity index (χ2n) is 7.10. The van der Waals surface area contributed by atoms with Crippen LogP contribution in [0.25, 0.3) is 10.9 Å². The Hall–Kier alpha value is -3.48. The summed E-state index contributed by atoms with van der Waals surface area (Å²) in [6.45, 7) is 1.81. The van der Waals surface area contributed by atoms with Crippen molar-refractivity contribution >= 4 is 22.8 Å². The fourth-order valence-corrected chi connectivity index (χ4v) is 3.82. The standard InChI is InChI=1S/C22H21N3O4/c1-14-23-18-10-6-5-9-17(18)21(27)24(14)13-20(26)25-12-16-8-4-3-7-15(16)11-19(25)22(28)29-2/h3-10,19H,11-13H2,1-2H3/t19-/m1/s1. The second kappa shape index (κ2) is 7.50. The van der Waals surface area contributed by atoms with Gasteiger partial charge in [-0.25, -0.2) is 9.78 Å². The average Bonchev–Trinajstić information content (AvgIpc) is 2.75. The van der Waals surface area contributed by atoms with Gasteiger partial charge >= 0.3 is 5.97 Å². The number of fused-ring (bicyclic) bond motifs is 2. The number of aryl methyl sites for hydroxylation is 1. The third-order valence-electron chi connectivity index (χ3n) is 5.39. The van der Waals surface area contributed by atoms with E-state index in [-0.39, 0.29) is 18.0 Å². The zero-order valence-corrected chi connectivity index (χ0v) is 16.3. The number of esters is 1. The van der Waals surface area contributed by atoms with Crippen molar-refractivity contribution < 1.29 is 14.3 Å². The quantitative estimate of drug-likeness (QED) is 0.637. The topological polar surface area (TPSA) is 81.5 Å². The summed E-state index contributed by atoms with van der Waals surface area (Å²) < 4.78 is 6.29. The number of nitrogens with zero attached hydrogens (tertiary/aromatic N) is 3. The summed E-state index contributed by atoms with van der Waals surface area (Å²) in [5.41, 5.74) is 2.33. The number of hydrogen-bond acceptors (Lipinski definition) is 5. The largest absolute Gasteiger partial charge is 0.467 e. The number of ether oxygens (including phenoxy) is 1. The summed E-state index contributed by atoms with van der Waals surface area (Å²) in [7, 11) is 1.31. The van der Waals surface area contributed by atoms with Gasteiger partial charge in [0.1, 0.15) is 18.4 Å². The fourth-order valence-electron chi connectivity index (χ4n) is 3.82. The average molecular weight is 391 g/mol. The summed E-state index contributed by atoms with van der Waals surface area (Å²) in [6.07, 6.45) is 0.387. The molecule has 148 valence electrons. The molecule has 2 aromatic carbocycles. The van der Waals surface area contributed by atoms with Crippen molar-refractivity contribution in [2.24, 2.45) is 0 Å². The van der Waals surface area contributed by atoms with Crippen LogP contribution in [0.3, 0.4) is 0 Å². The smallest absolute Gasteiger partial charge is 0.328 e. The molecule has 0 saturated carbocycles. The molecule has 3 aromatic rings. The summed E-state index contributed by atoms with van der Waals surface area (Å²) in [4.78, 5) is 44.4. The molecule has 0 N–H and O–H groups in total. The van der Waals surface area contributed by atoms with Crippen molar-refractivity contribution in [2.45, 2.75) is 32.5 Å². The number of amides is 1. The SMILES string of the molecule is COC(=O)[C@H]1Cc2ccccc2CN1C(=O)Cn1c(C)nc2ccccc2c1=O. The molecule has 0 radical (unpaired) electrons. The number of carbonyl (C=O) groups excluding carboxylic acids is 2. The van der Waals surface area contributed by atoms with E-state index in [0.717, 1.165) is 11.1 Å². The maximum absolute atomic E-state index is 13.2. The van der Waals surface area contributed by atoms with Gasteiger partial charge in [0, 0.05) is 13.0 Å². The van der Waals surface area contributed by atoms with Crippen molar-refractivity contribution in [1.29, 1.82) is 0 Å². The van der Waals surface area contributed by atoms with Gasteiger partial charge in [0.25, 0.3) is 5.56 Å². The van der Waals surface area contributed by atoms with Gasteiger partial charge in [0.15, 0.2) is 0 Å². The van der Waals surface area contributed by atoms with Crippen LogP contribution in [0.1, 0.15) is 17.0 Å². The van der Waals surface area contributed by atoms with Gasteiger partial charge in [-0.1, -0.05) is 36.4 Å². The predicted molar refractivity (Wildman–Crippen MR) is 107 cm³/mol. The summed E-state index contributed by atoms with van der Waals surface area (Å²) >= 11 is 0. The summed E-state index contributed by atoms with van der Waals surface area (Å²) in [6, 6.07) is 14.0. The van der Waals surface area contributed by atoms with E-state index in [2.05, 4.69) is 4.98 Å². The van der Waals surface area contributed by atoms with E-state index in [1.807, 2.05) is 30.3 Å². The maximum atomic E-state index is 13.2. The molecule has 1 atom stereocenters.